The molecule has 3 heterocycles. The Bertz CT molecular complexity index is 1540. The molecule has 0 spiro atoms. The van der Waals surface area contributed by atoms with Gasteiger partial charge >= 0.3 is 5.97 Å². The first kappa shape index (κ1) is 30.8. The van der Waals surface area contributed by atoms with Gasteiger partial charge < -0.3 is 10.1 Å². The van der Waals surface area contributed by atoms with Crippen LogP contribution >= 0.6 is 27.3 Å². The summed E-state index contributed by atoms with van der Waals surface area (Å²) in [6.45, 7) is 0.747. The second-order valence-corrected chi connectivity index (χ2v) is 14.5. The standard InChI is InChI=1S/C27H28BrF3N4O5S2/c1-2-40-26(37)22-21(12-35-14-27(30,31)11-16(35)10-17(36)13-42(38,39)18-4-5-18)33-24(25-32-7-8-41-25)34-23(22)19-6-3-15(29)9-20(19)28/h3,6-9,16,18,23H,2,4-5,10-14H2,1H3,(H,33,34). The van der Waals surface area contributed by atoms with Crippen LogP contribution in [0, 0.1) is 5.82 Å². The second kappa shape index (κ2) is 12.2. The van der Waals surface area contributed by atoms with E-state index in [2.05, 4.69) is 26.2 Å². The number of carbonyl (C=O) groups excluding carboxylic acids is 2. The average Bonchev–Trinajstić information content (AvgIpc) is 3.55. The molecule has 3 aliphatic rings. The predicted octanol–water partition coefficient (Wildman–Crippen LogP) is 4.20. The SMILES string of the molecule is CCOC(=O)C1=C(CN2CC(F)(F)CC2CC(=O)CS(=O)(=O)C2CC2)NC(c2nccs2)=NC1c1ccc(F)cc1Br. The zero-order valence-corrected chi connectivity index (χ0v) is 25.7. The third-order valence-electron chi connectivity index (χ3n) is 7.22. The Labute approximate surface area is 253 Å². The minimum atomic E-state index is -3.60. The van der Waals surface area contributed by atoms with Crippen molar-refractivity contribution in [3.8, 4) is 0 Å². The van der Waals surface area contributed by atoms with Gasteiger partial charge in [0.05, 0.1) is 24.0 Å². The first-order valence-corrected chi connectivity index (χ1v) is 16.7. The van der Waals surface area contributed by atoms with Gasteiger partial charge in [-0.2, -0.15) is 0 Å². The summed E-state index contributed by atoms with van der Waals surface area (Å²) in [5, 5.41) is 4.76. The fourth-order valence-corrected chi connectivity index (χ4v) is 8.02. The van der Waals surface area contributed by atoms with Crippen LogP contribution in [-0.2, 0) is 24.2 Å². The topological polar surface area (TPSA) is 118 Å². The molecule has 2 fully saturated rings. The number of aliphatic imine (C=N–C) groups is 1. The highest BCUT2D eigenvalue weighted by molar-refractivity contribution is 9.10. The largest absolute Gasteiger partial charge is 0.463 e. The smallest absolute Gasteiger partial charge is 0.338 e. The van der Waals surface area contributed by atoms with Gasteiger partial charge in [-0.05, 0) is 37.5 Å². The lowest BCUT2D eigenvalue weighted by Gasteiger charge is -2.31. The molecule has 42 heavy (non-hydrogen) atoms. The summed E-state index contributed by atoms with van der Waals surface area (Å²) in [7, 11) is -3.60. The van der Waals surface area contributed by atoms with Crippen LogP contribution in [0.15, 0.2) is 50.5 Å². The van der Waals surface area contributed by atoms with Gasteiger partial charge in [0.2, 0.25) is 0 Å². The van der Waals surface area contributed by atoms with E-state index < -0.39 is 69.4 Å². The van der Waals surface area contributed by atoms with E-state index in [1.54, 1.807) is 18.5 Å². The molecule has 5 rings (SSSR count). The number of benzene rings is 1. The monoisotopic (exact) mass is 688 g/mol. The number of rotatable bonds is 11. The van der Waals surface area contributed by atoms with Crippen molar-refractivity contribution >= 4 is 54.7 Å². The summed E-state index contributed by atoms with van der Waals surface area (Å²) in [4.78, 5) is 36.5. The number of ether oxygens (including phenoxy) is 1. The van der Waals surface area contributed by atoms with Crippen LogP contribution in [0.2, 0.25) is 0 Å². The number of amidine groups is 1. The maximum Gasteiger partial charge on any atom is 0.338 e. The number of esters is 1. The van der Waals surface area contributed by atoms with E-state index >= 15 is 0 Å². The van der Waals surface area contributed by atoms with Crippen LogP contribution in [0.3, 0.4) is 0 Å². The molecule has 9 nitrogen and oxygen atoms in total. The van der Waals surface area contributed by atoms with E-state index in [0.29, 0.717) is 27.9 Å². The molecule has 226 valence electrons. The summed E-state index contributed by atoms with van der Waals surface area (Å²) in [6.07, 6.45) is 1.58. The van der Waals surface area contributed by atoms with Crippen LogP contribution < -0.4 is 5.32 Å². The van der Waals surface area contributed by atoms with E-state index in [0.717, 1.165) is 0 Å². The molecule has 0 radical (unpaired) electrons. The maximum absolute atomic E-state index is 14.8. The lowest BCUT2D eigenvalue weighted by molar-refractivity contribution is -0.139. The van der Waals surface area contributed by atoms with Crippen molar-refractivity contribution in [3.05, 3.63) is 61.9 Å². The first-order valence-electron chi connectivity index (χ1n) is 13.3. The number of halogens is 4. The third kappa shape index (κ3) is 6.95. The highest BCUT2D eigenvalue weighted by atomic mass is 79.9. The van der Waals surface area contributed by atoms with E-state index in [4.69, 9.17) is 9.73 Å². The van der Waals surface area contributed by atoms with Gasteiger partial charge in [0, 0.05) is 47.2 Å². The Hall–Kier alpha value is -2.62. The maximum atomic E-state index is 14.8. The molecule has 15 heteroatoms. The normalized spacial score (nSPS) is 22.5. The fourth-order valence-electron chi connectivity index (χ4n) is 5.21. The third-order valence-corrected chi connectivity index (χ3v) is 10.9. The molecular weight excluding hydrogens is 661 g/mol. The number of ketones is 1. The van der Waals surface area contributed by atoms with Gasteiger partial charge in [-0.25, -0.2) is 31.4 Å². The summed E-state index contributed by atoms with van der Waals surface area (Å²) in [5.74, 6) is -5.40. The summed E-state index contributed by atoms with van der Waals surface area (Å²) >= 11 is 4.62. The average molecular weight is 690 g/mol. The Kier molecular flexibility index (Phi) is 8.93. The zero-order valence-electron chi connectivity index (χ0n) is 22.5. The highest BCUT2D eigenvalue weighted by Crippen LogP contribution is 2.39. The van der Waals surface area contributed by atoms with Crippen molar-refractivity contribution in [1.82, 2.24) is 15.2 Å². The molecule has 1 aromatic carbocycles. The lowest BCUT2D eigenvalue weighted by atomic mass is 9.95. The van der Waals surface area contributed by atoms with Gasteiger partial charge in [-0.3, -0.25) is 14.7 Å². The van der Waals surface area contributed by atoms with Gasteiger partial charge in [-0.1, -0.05) is 22.0 Å². The molecule has 2 aliphatic heterocycles. The number of Topliss-reactive ketones (excluding diaryl/α,β-unsaturated/α-hetero) is 1. The molecule has 1 saturated heterocycles. The quantitative estimate of drug-likeness (QED) is 0.349. The molecule has 2 aromatic rings. The number of nitrogens with one attached hydrogen (secondary N) is 1. The summed E-state index contributed by atoms with van der Waals surface area (Å²) in [5.41, 5.74) is 0.702. The van der Waals surface area contributed by atoms with Crippen LogP contribution in [0.5, 0.6) is 0 Å². The Morgan fingerprint density at radius 2 is 2.05 bits per heavy atom. The van der Waals surface area contributed by atoms with Gasteiger partial charge in [0.15, 0.2) is 20.7 Å². The van der Waals surface area contributed by atoms with E-state index in [1.807, 2.05) is 0 Å². The Morgan fingerprint density at radius 1 is 1.29 bits per heavy atom. The summed E-state index contributed by atoms with van der Waals surface area (Å²) < 4.78 is 73.9. The molecule has 1 aromatic heterocycles. The Morgan fingerprint density at radius 3 is 2.69 bits per heavy atom. The predicted molar refractivity (Wildman–Crippen MR) is 154 cm³/mol. The highest BCUT2D eigenvalue weighted by Gasteiger charge is 2.47. The number of thiazole rings is 1. The van der Waals surface area contributed by atoms with Crippen molar-refractivity contribution in [2.24, 2.45) is 4.99 Å². The molecular formula is C27H28BrF3N4O5S2. The van der Waals surface area contributed by atoms with Crippen molar-refractivity contribution in [1.29, 1.82) is 0 Å². The molecule has 1 saturated carbocycles. The van der Waals surface area contributed by atoms with Crippen molar-refractivity contribution in [2.75, 3.05) is 25.4 Å². The fraction of sp³-hybridized carbons (Fsp3) is 0.481. The molecule has 0 bridgehead atoms. The van der Waals surface area contributed by atoms with Crippen LogP contribution in [-0.4, -0.2) is 78.6 Å². The zero-order chi connectivity index (χ0) is 30.2. The van der Waals surface area contributed by atoms with E-state index in [1.165, 1.54) is 34.4 Å². The first-order chi connectivity index (χ1) is 19.9. The molecule has 2 unspecified atom stereocenters. The molecule has 0 amide bonds. The second-order valence-electron chi connectivity index (χ2n) is 10.5. The number of hydrogen-bond donors (Lipinski definition) is 1. The number of nitrogens with zero attached hydrogens (tertiary/aromatic N) is 3. The van der Waals surface area contributed by atoms with Crippen molar-refractivity contribution in [2.45, 2.75) is 55.9 Å². The van der Waals surface area contributed by atoms with Gasteiger partial charge in [0.1, 0.15) is 23.4 Å². The number of carbonyl (C=O) groups is 2. The number of hydrogen-bond acceptors (Lipinski definition) is 10. The lowest BCUT2D eigenvalue weighted by Crippen LogP contribution is -2.42. The van der Waals surface area contributed by atoms with Crippen LogP contribution in [0.1, 0.15) is 49.2 Å². The molecule has 2 atom stereocenters. The van der Waals surface area contributed by atoms with Crippen LogP contribution in [0.4, 0.5) is 13.2 Å². The van der Waals surface area contributed by atoms with E-state index in [9.17, 15) is 31.2 Å². The minimum absolute atomic E-state index is 0.0321. The van der Waals surface area contributed by atoms with Crippen molar-refractivity contribution in [3.63, 3.8) is 0 Å². The van der Waals surface area contributed by atoms with E-state index in [-0.39, 0.29) is 36.7 Å². The molecule has 1 aliphatic carbocycles. The minimum Gasteiger partial charge on any atom is -0.463 e. The van der Waals surface area contributed by atoms with Gasteiger partial charge in [-0.15, -0.1) is 11.3 Å². The van der Waals surface area contributed by atoms with Crippen LogP contribution in [0.25, 0.3) is 0 Å². The number of likely N-dealkylation sites (tertiary alicyclic amines) is 1. The summed E-state index contributed by atoms with van der Waals surface area (Å²) in [6, 6.07) is 1.97. The van der Waals surface area contributed by atoms with Crippen molar-refractivity contribution < 1.29 is 35.9 Å². The number of alkyl halides is 2. The number of sulfone groups is 1. The van der Waals surface area contributed by atoms with Gasteiger partial charge in [0.25, 0.3) is 5.92 Å². The molecule has 1 N–H and O–H groups in total. The number of aromatic nitrogens is 1. The Balaban J connectivity index is 1.51.